The normalized spacial score (nSPS) is 32.6. The van der Waals surface area contributed by atoms with E-state index >= 15 is 0 Å². The summed E-state index contributed by atoms with van der Waals surface area (Å²) in [6.07, 6.45) is 10.3. The van der Waals surface area contributed by atoms with Gasteiger partial charge in [-0.3, -0.25) is 4.79 Å². The summed E-state index contributed by atoms with van der Waals surface area (Å²) in [4.78, 5) is 12.2. The lowest BCUT2D eigenvalue weighted by molar-refractivity contribution is -0.126. The molecule has 0 spiro atoms. The molecule has 0 aromatic carbocycles. The van der Waals surface area contributed by atoms with E-state index in [4.69, 9.17) is 10.5 Å². The van der Waals surface area contributed by atoms with Gasteiger partial charge in [-0.05, 0) is 38.5 Å². The summed E-state index contributed by atoms with van der Waals surface area (Å²) in [6, 6.07) is 0.0495. The molecule has 3 atom stereocenters. The average molecular weight is 268 g/mol. The first-order chi connectivity index (χ1) is 9.27. The van der Waals surface area contributed by atoms with E-state index in [2.05, 4.69) is 5.32 Å². The first-order valence-corrected chi connectivity index (χ1v) is 7.92. The Hall–Kier alpha value is -0.610. The molecule has 2 aliphatic rings. The van der Waals surface area contributed by atoms with Gasteiger partial charge >= 0.3 is 0 Å². The predicted molar refractivity (Wildman–Crippen MR) is 75.8 cm³/mol. The van der Waals surface area contributed by atoms with Gasteiger partial charge in [0.2, 0.25) is 5.91 Å². The van der Waals surface area contributed by atoms with Crippen LogP contribution in [-0.4, -0.2) is 31.2 Å². The second kappa shape index (κ2) is 7.85. The van der Waals surface area contributed by atoms with Crippen molar-refractivity contribution in [2.24, 2.45) is 11.7 Å². The van der Waals surface area contributed by atoms with Gasteiger partial charge in [0.05, 0.1) is 12.0 Å². The van der Waals surface area contributed by atoms with Crippen molar-refractivity contribution in [3.05, 3.63) is 0 Å². The van der Waals surface area contributed by atoms with Crippen molar-refractivity contribution >= 4 is 5.91 Å². The number of rotatable bonds is 4. The summed E-state index contributed by atoms with van der Waals surface area (Å²) in [5.74, 6) is 0.181. The summed E-state index contributed by atoms with van der Waals surface area (Å²) in [5.41, 5.74) is 6.11. The van der Waals surface area contributed by atoms with Crippen LogP contribution in [0.5, 0.6) is 0 Å². The molecule has 1 saturated heterocycles. The van der Waals surface area contributed by atoms with Gasteiger partial charge in [0.25, 0.3) is 0 Å². The molecule has 110 valence electrons. The molecular formula is C15H28N2O2. The van der Waals surface area contributed by atoms with Crippen molar-refractivity contribution in [3.8, 4) is 0 Å². The standard InChI is InChI=1S/C15H28N2O2/c16-14-8-3-1-2-7-13(14)15(18)17-10-9-12-6-4-5-11-19-12/h12-14H,1-11,16H2,(H,17,18). The molecule has 19 heavy (non-hydrogen) atoms. The molecule has 1 heterocycles. The third-order valence-corrected chi connectivity index (χ3v) is 4.45. The van der Waals surface area contributed by atoms with Gasteiger partial charge in [-0.1, -0.05) is 19.3 Å². The second-order valence-electron chi connectivity index (χ2n) is 5.98. The van der Waals surface area contributed by atoms with Crippen LogP contribution in [0.2, 0.25) is 0 Å². The van der Waals surface area contributed by atoms with Crippen LogP contribution in [0.15, 0.2) is 0 Å². The van der Waals surface area contributed by atoms with Crippen LogP contribution in [0.3, 0.4) is 0 Å². The van der Waals surface area contributed by atoms with E-state index in [0.29, 0.717) is 6.10 Å². The van der Waals surface area contributed by atoms with Crippen LogP contribution < -0.4 is 11.1 Å². The Morgan fingerprint density at radius 3 is 2.68 bits per heavy atom. The molecule has 1 saturated carbocycles. The highest BCUT2D eigenvalue weighted by atomic mass is 16.5. The minimum Gasteiger partial charge on any atom is -0.378 e. The lowest BCUT2D eigenvalue weighted by Crippen LogP contribution is -2.42. The van der Waals surface area contributed by atoms with Crippen LogP contribution in [0.4, 0.5) is 0 Å². The topological polar surface area (TPSA) is 64.4 Å². The highest BCUT2D eigenvalue weighted by Gasteiger charge is 2.26. The Kier molecular flexibility index (Phi) is 6.11. The number of hydrogen-bond donors (Lipinski definition) is 2. The maximum absolute atomic E-state index is 12.2. The molecule has 0 aromatic rings. The van der Waals surface area contributed by atoms with Crippen LogP contribution in [0.1, 0.15) is 57.8 Å². The number of ether oxygens (including phenoxy) is 1. The smallest absolute Gasteiger partial charge is 0.224 e. The fraction of sp³-hybridized carbons (Fsp3) is 0.933. The van der Waals surface area contributed by atoms with E-state index in [1.165, 1.54) is 25.7 Å². The highest BCUT2D eigenvalue weighted by Crippen LogP contribution is 2.22. The van der Waals surface area contributed by atoms with Crippen molar-refractivity contribution in [2.75, 3.05) is 13.2 Å². The molecule has 4 heteroatoms. The maximum atomic E-state index is 12.2. The Morgan fingerprint density at radius 2 is 1.89 bits per heavy atom. The van der Waals surface area contributed by atoms with E-state index in [1.807, 2.05) is 0 Å². The van der Waals surface area contributed by atoms with Gasteiger partial charge in [0.1, 0.15) is 0 Å². The summed E-state index contributed by atoms with van der Waals surface area (Å²) >= 11 is 0. The fourth-order valence-corrected chi connectivity index (χ4v) is 3.18. The highest BCUT2D eigenvalue weighted by molar-refractivity contribution is 5.79. The zero-order valence-electron chi connectivity index (χ0n) is 11.9. The van der Waals surface area contributed by atoms with Crippen LogP contribution in [0.25, 0.3) is 0 Å². The lowest BCUT2D eigenvalue weighted by Gasteiger charge is -2.24. The molecule has 1 aliphatic carbocycles. The molecular weight excluding hydrogens is 240 g/mol. The second-order valence-corrected chi connectivity index (χ2v) is 5.98. The van der Waals surface area contributed by atoms with Crippen molar-refractivity contribution in [1.82, 2.24) is 5.32 Å². The first-order valence-electron chi connectivity index (χ1n) is 7.92. The van der Waals surface area contributed by atoms with Crippen molar-refractivity contribution in [2.45, 2.75) is 69.9 Å². The average Bonchev–Trinajstić information content (AvgIpc) is 2.64. The van der Waals surface area contributed by atoms with Gasteiger partial charge in [-0.15, -0.1) is 0 Å². The zero-order valence-corrected chi connectivity index (χ0v) is 11.9. The molecule has 0 bridgehead atoms. The van der Waals surface area contributed by atoms with Crippen molar-refractivity contribution in [3.63, 3.8) is 0 Å². The van der Waals surface area contributed by atoms with E-state index in [9.17, 15) is 4.79 Å². The molecule has 2 rings (SSSR count). The van der Waals surface area contributed by atoms with Crippen LogP contribution in [-0.2, 0) is 9.53 Å². The number of amides is 1. The van der Waals surface area contributed by atoms with E-state index in [-0.39, 0.29) is 17.9 Å². The molecule has 1 amide bonds. The minimum atomic E-state index is 0.0229. The van der Waals surface area contributed by atoms with Crippen LogP contribution in [0, 0.1) is 5.92 Å². The summed E-state index contributed by atoms with van der Waals surface area (Å²) in [7, 11) is 0. The van der Waals surface area contributed by atoms with Crippen LogP contribution >= 0.6 is 0 Å². The fourth-order valence-electron chi connectivity index (χ4n) is 3.18. The Morgan fingerprint density at radius 1 is 1.11 bits per heavy atom. The SMILES string of the molecule is NC1CCCCCC1C(=O)NCCC1CCCCO1. The molecule has 4 nitrogen and oxygen atoms in total. The minimum absolute atomic E-state index is 0.0229. The Labute approximate surface area is 116 Å². The third-order valence-electron chi connectivity index (χ3n) is 4.45. The largest absolute Gasteiger partial charge is 0.378 e. The number of carbonyl (C=O) groups is 1. The van der Waals surface area contributed by atoms with E-state index in [1.54, 1.807) is 0 Å². The summed E-state index contributed by atoms with van der Waals surface area (Å²) < 4.78 is 5.67. The molecule has 2 fully saturated rings. The van der Waals surface area contributed by atoms with Crippen molar-refractivity contribution in [1.29, 1.82) is 0 Å². The summed E-state index contributed by atoms with van der Waals surface area (Å²) in [5, 5.41) is 3.06. The summed E-state index contributed by atoms with van der Waals surface area (Å²) in [6.45, 7) is 1.61. The quantitative estimate of drug-likeness (QED) is 0.766. The molecule has 3 N–H and O–H groups in total. The maximum Gasteiger partial charge on any atom is 0.224 e. The molecule has 3 unspecified atom stereocenters. The predicted octanol–water partition coefficient (Wildman–Crippen LogP) is 1.97. The van der Waals surface area contributed by atoms with Gasteiger partial charge in [-0.25, -0.2) is 0 Å². The molecule has 0 aromatic heterocycles. The van der Waals surface area contributed by atoms with E-state index in [0.717, 1.165) is 45.3 Å². The number of nitrogens with two attached hydrogens (primary N) is 1. The lowest BCUT2D eigenvalue weighted by atomic mass is 9.94. The van der Waals surface area contributed by atoms with Gasteiger partial charge in [-0.2, -0.15) is 0 Å². The van der Waals surface area contributed by atoms with Crippen molar-refractivity contribution < 1.29 is 9.53 Å². The zero-order chi connectivity index (χ0) is 13.5. The van der Waals surface area contributed by atoms with Gasteiger partial charge < -0.3 is 15.8 Å². The first kappa shape index (κ1) is 14.8. The van der Waals surface area contributed by atoms with Gasteiger partial charge in [0.15, 0.2) is 0 Å². The number of nitrogens with one attached hydrogen (secondary N) is 1. The number of carbonyl (C=O) groups excluding carboxylic acids is 1. The number of hydrogen-bond acceptors (Lipinski definition) is 3. The monoisotopic (exact) mass is 268 g/mol. The Bertz CT molecular complexity index is 277. The van der Waals surface area contributed by atoms with Gasteiger partial charge in [0, 0.05) is 19.2 Å². The Balaban J connectivity index is 1.67. The third kappa shape index (κ3) is 4.77. The van der Waals surface area contributed by atoms with E-state index < -0.39 is 0 Å². The molecule has 0 radical (unpaired) electrons. The molecule has 1 aliphatic heterocycles.